The largest absolute Gasteiger partial charge is 0.354 e. The molecule has 172 valence electrons. The lowest BCUT2D eigenvalue weighted by Crippen LogP contribution is -2.44. The van der Waals surface area contributed by atoms with E-state index in [1.165, 1.54) is 0 Å². The lowest BCUT2D eigenvalue weighted by molar-refractivity contribution is -0.116. The monoisotopic (exact) mass is 447 g/mol. The number of piperazine rings is 1. The van der Waals surface area contributed by atoms with Crippen LogP contribution in [0.15, 0.2) is 61.3 Å². The van der Waals surface area contributed by atoms with E-state index < -0.39 is 0 Å². The molecule has 2 N–H and O–H groups in total. The molecule has 1 aliphatic heterocycles. The maximum absolute atomic E-state index is 12.7. The molecule has 0 aliphatic carbocycles. The van der Waals surface area contributed by atoms with Gasteiger partial charge in [0.25, 0.3) is 5.91 Å². The van der Waals surface area contributed by atoms with Crippen molar-refractivity contribution >= 4 is 23.3 Å². The normalized spacial score (nSPS) is 14.2. The Morgan fingerprint density at radius 3 is 2.70 bits per heavy atom. The van der Waals surface area contributed by atoms with E-state index in [-0.39, 0.29) is 11.8 Å². The summed E-state index contributed by atoms with van der Waals surface area (Å²) in [5.41, 5.74) is 2.09. The number of hydrogen-bond acceptors (Lipinski definition) is 6. The number of aromatic nitrogens is 3. The van der Waals surface area contributed by atoms with Crippen molar-refractivity contribution in [3.05, 3.63) is 72.4 Å². The van der Waals surface area contributed by atoms with E-state index in [4.69, 9.17) is 0 Å². The number of benzene rings is 1. The zero-order valence-corrected chi connectivity index (χ0v) is 18.8. The van der Waals surface area contributed by atoms with E-state index >= 15 is 0 Å². The van der Waals surface area contributed by atoms with Gasteiger partial charge in [-0.15, -0.1) is 0 Å². The number of nitrogens with zero attached hydrogens (tertiary/aromatic N) is 5. The fraction of sp³-hybridized carbons (Fsp3) is 0.333. The van der Waals surface area contributed by atoms with E-state index in [9.17, 15) is 9.59 Å². The number of anilines is 2. The molecule has 2 aromatic heterocycles. The molecule has 1 saturated heterocycles. The summed E-state index contributed by atoms with van der Waals surface area (Å²) >= 11 is 0. The molecule has 9 nitrogen and oxygen atoms in total. The summed E-state index contributed by atoms with van der Waals surface area (Å²) in [6.07, 6.45) is 7.28. The first-order valence-electron chi connectivity index (χ1n) is 11.1. The number of rotatable bonds is 8. The van der Waals surface area contributed by atoms with Gasteiger partial charge in [0, 0.05) is 75.5 Å². The Morgan fingerprint density at radius 2 is 1.91 bits per heavy atom. The molecule has 0 radical (unpaired) electrons. The first-order valence-corrected chi connectivity index (χ1v) is 11.1. The number of carbonyl (C=O) groups excluding carboxylic acids is 2. The number of imidazole rings is 1. The highest BCUT2D eigenvalue weighted by Gasteiger charge is 2.15. The molecule has 2 amide bonds. The number of likely N-dealkylation sites (N-methyl/N-ethyl adjacent to an activating group) is 1. The van der Waals surface area contributed by atoms with E-state index in [0.29, 0.717) is 30.8 Å². The van der Waals surface area contributed by atoms with Gasteiger partial charge in [0.15, 0.2) is 0 Å². The highest BCUT2D eigenvalue weighted by atomic mass is 16.2. The molecular weight excluding hydrogens is 418 g/mol. The molecule has 0 saturated carbocycles. The minimum atomic E-state index is -0.192. The number of pyridine rings is 1. The van der Waals surface area contributed by atoms with E-state index in [2.05, 4.69) is 37.4 Å². The lowest BCUT2D eigenvalue weighted by atomic mass is 10.1. The number of aryl methyl sites for hydroxylation is 1. The SMILES string of the molecule is CN1CCN(c2cc(CNC(=O)c3cccc(NC(=O)CCn4ccnc4)c3)ccn2)CC1. The summed E-state index contributed by atoms with van der Waals surface area (Å²) in [5, 5.41) is 5.81. The molecule has 33 heavy (non-hydrogen) atoms. The fourth-order valence-corrected chi connectivity index (χ4v) is 3.67. The second-order valence-corrected chi connectivity index (χ2v) is 8.17. The van der Waals surface area contributed by atoms with Gasteiger partial charge in [0.05, 0.1) is 6.33 Å². The van der Waals surface area contributed by atoms with Crippen molar-refractivity contribution in [3.63, 3.8) is 0 Å². The molecule has 9 heteroatoms. The van der Waals surface area contributed by atoms with Crippen molar-refractivity contribution < 1.29 is 9.59 Å². The summed E-state index contributed by atoms with van der Waals surface area (Å²) in [5.74, 6) is 0.632. The average Bonchev–Trinajstić information content (AvgIpc) is 3.36. The summed E-state index contributed by atoms with van der Waals surface area (Å²) in [6.45, 7) is 4.87. The van der Waals surface area contributed by atoms with Crippen LogP contribution in [0, 0.1) is 0 Å². The van der Waals surface area contributed by atoms with Crippen LogP contribution in [0.1, 0.15) is 22.3 Å². The van der Waals surface area contributed by atoms with Crippen molar-refractivity contribution in [1.82, 2.24) is 24.8 Å². The van der Waals surface area contributed by atoms with Gasteiger partial charge < -0.3 is 25.0 Å². The zero-order chi connectivity index (χ0) is 23.0. The molecule has 1 aliphatic rings. The number of hydrogen-bond donors (Lipinski definition) is 2. The van der Waals surface area contributed by atoms with E-state index in [1.54, 1.807) is 43.0 Å². The van der Waals surface area contributed by atoms with Crippen molar-refractivity contribution in [1.29, 1.82) is 0 Å². The fourth-order valence-electron chi connectivity index (χ4n) is 3.67. The molecule has 1 aromatic carbocycles. The predicted octanol–water partition coefficient (Wildman–Crippen LogP) is 1.99. The first-order chi connectivity index (χ1) is 16.1. The Kier molecular flexibility index (Phi) is 7.31. The van der Waals surface area contributed by atoms with E-state index in [1.807, 2.05) is 22.9 Å². The summed E-state index contributed by atoms with van der Waals surface area (Å²) in [7, 11) is 2.12. The maximum atomic E-state index is 12.7. The lowest BCUT2D eigenvalue weighted by Gasteiger charge is -2.33. The second-order valence-electron chi connectivity index (χ2n) is 8.17. The summed E-state index contributed by atoms with van der Waals surface area (Å²) < 4.78 is 1.84. The molecular formula is C24H29N7O2. The zero-order valence-electron chi connectivity index (χ0n) is 18.8. The van der Waals surface area contributed by atoms with Gasteiger partial charge in [0.1, 0.15) is 5.82 Å². The van der Waals surface area contributed by atoms with Crippen LogP contribution < -0.4 is 15.5 Å². The molecule has 3 aromatic rings. The van der Waals surface area contributed by atoms with Crippen molar-refractivity contribution in [2.75, 3.05) is 43.4 Å². The Morgan fingerprint density at radius 1 is 1.06 bits per heavy atom. The van der Waals surface area contributed by atoms with Gasteiger partial charge in [-0.1, -0.05) is 6.07 Å². The van der Waals surface area contributed by atoms with Crippen molar-refractivity contribution in [2.45, 2.75) is 19.5 Å². The Balaban J connectivity index is 1.30. The van der Waals surface area contributed by atoms with Crippen LogP contribution in [0.25, 0.3) is 0 Å². The third kappa shape index (κ3) is 6.39. The van der Waals surface area contributed by atoms with Crippen LogP contribution in [0.4, 0.5) is 11.5 Å². The van der Waals surface area contributed by atoms with Gasteiger partial charge in [-0.05, 0) is 42.9 Å². The Labute approximate surface area is 193 Å². The maximum Gasteiger partial charge on any atom is 0.251 e. The average molecular weight is 448 g/mol. The van der Waals surface area contributed by atoms with E-state index in [0.717, 1.165) is 37.6 Å². The van der Waals surface area contributed by atoms with Gasteiger partial charge >= 0.3 is 0 Å². The molecule has 0 bridgehead atoms. The van der Waals surface area contributed by atoms with Gasteiger partial charge in [-0.25, -0.2) is 9.97 Å². The summed E-state index contributed by atoms with van der Waals surface area (Å²) in [6, 6.07) is 10.9. The van der Waals surface area contributed by atoms with Crippen LogP contribution in [-0.4, -0.2) is 64.5 Å². The molecule has 1 fully saturated rings. The Hall–Kier alpha value is -3.72. The highest BCUT2D eigenvalue weighted by molar-refractivity contribution is 5.97. The number of carbonyl (C=O) groups is 2. The third-order valence-electron chi connectivity index (χ3n) is 5.66. The number of amides is 2. The van der Waals surface area contributed by atoms with Crippen molar-refractivity contribution in [3.8, 4) is 0 Å². The van der Waals surface area contributed by atoms with Crippen LogP contribution in [0.5, 0.6) is 0 Å². The van der Waals surface area contributed by atoms with Crippen molar-refractivity contribution in [2.24, 2.45) is 0 Å². The number of nitrogens with one attached hydrogen (secondary N) is 2. The van der Waals surface area contributed by atoms with Crippen LogP contribution in [-0.2, 0) is 17.9 Å². The standard InChI is InChI=1S/C24H29N7O2/c1-29-11-13-31(14-12-29)22-15-19(5-7-26-22)17-27-24(33)20-3-2-4-21(16-20)28-23(32)6-9-30-10-8-25-18-30/h2-5,7-8,10,15-16,18H,6,9,11-14,17H2,1H3,(H,27,33)(H,28,32). The second kappa shape index (κ2) is 10.7. The predicted molar refractivity (Wildman–Crippen MR) is 127 cm³/mol. The third-order valence-corrected chi connectivity index (χ3v) is 5.66. The Bertz CT molecular complexity index is 1080. The summed E-state index contributed by atoms with van der Waals surface area (Å²) in [4.78, 5) is 37.9. The van der Waals surface area contributed by atoms with Crippen LogP contribution in [0.3, 0.4) is 0 Å². The molecule has 3 heterocycles. The highest BCUT2D eigenvalue weighted by Crippen LogP contribution is 2.15. The quantitative estimate of drug-likeness (QED) is 0.548. The molecule has 0 atom stereocenters. The van der Waals surface area contributed by atoms with Gasteiger partial charge in [0.2, 0.25) is 5.91 Å². The minimum Gasteiger partial charge on any atom is -0.354 e. The topological polar surface area (TPSA) is 95.4 Å². The van der Waals surface area contributed by atoms with Gasteiger partial charge in [-0.3, -0.25) is 9.59 Å². The smallest absolute Gasteiger partial charge is 0.251 e. The van der Waals surface area contributed by atoms with Crippen LogP contribution in [0.2, 0.25) is 0 Å². The molecule has 0 unspecified atom stereocenters. The van der Waals surface area contributed by atoms with Crippen LogP contribution >= 0.6 is 0 Å². The molecule has 0 spiro atoms. The first kappa shape index (κ1) is 22.5. The van der Waals surface area contributed by atoms with Gasteiger partial charge in [-0.2, -0.15) is 0 Å². The minimum absolute atomic E-state index is 0.116. The molecule has 4 rings (SSSR count).